The summed E-state index contributed by atoms with van der Waals surface area (Å²) in [5.74, 6) is -1.86. The highest BCUT2D eigenvalue weighted by molar-refractivity contribution is 7.90. The van der Waals surface area contributed by atoms with Gasteiger partial charge in [0, 0.05) is 30.9 Å². The average molecular weight is 728 g/mol. The summed E-state index contributed by atoms with van der Waals surface area (Å²) >= 11 is 6.25. The maximum atomic E-state index is 13.1. The minimum atomic E-state index is -4.41. The number of alkyl halides is 3. The van der Waals surface area contributed by atoms with Gasteiger partial charge >= 0.3 is 12.3 Å². The van der Waals surface area contributed by atoms with Crippen LogP contribution in [0.1, 0.15) is 61.9 Å². The van der Waals surface area contributed by atoms with Crippen molar-refractivity contribution in [1.29, 1.82) is 0 Å². The Hall–Kier alpha value is -4.12. The summed E-state index contributed by atoms with van der Waals surface area (Å²) < 4.78 is 73.1. The number of carboxylic acid groups (broad SMARTS) is 1. The van der Waals surface area contributed by atoms with Gasteiger partial charge in [0.15, 0.2) is 10.8 Å². The Morgan fingerprint density at radius 3 is 2.55 bits per heavy atom. The first-order chi connectivity index (χ1) is 22.9. The van der Waals surface area contributed by atoms with E-state index < -0.39 is 45.6 Å². The molecular formula is C31H37ClF3N7O6S. The molecule has 2 amide bonds. The van der Waals surface area contributed by atoms with Crippen molar-refractivity contribution in [2.24, 2.45) is 17.8 Å². The number of pyridine rings is 2. The first kappa shape index (κ1) is 36.2. The third-order valence-electron chi connectivity index (χ3n) is 8.81. The quantitative estimate of drug-likeness (QED) is 0.147. The van der Waals surface area contributed by atoms with Gasteiger partial charge in [0.05, 0.1) is 18.1 Å². The van der Waals surface area contributed by atoms with Gasteiger partial charge in [0.2, 0.25) is 5.88 Å². The van der Waals surface area contributed by atoms with Crippen molar-refractivity contribution in [3.8, 4) is 11.7 Å². The number of sulfonamides is 1. The zero-order valence-electron chi connectivity index (χ0n) is 27.0. The zero-order valence-corrected chi connectivity index (χ0v) is 28.6. The third kappa shape index (κ3) is 8.73. The number of nitrogens with zero attached hydrogens (tertiary/aromatic N) is 5. The highest BCUT2D eigenvalue weighted by Crippen LogP contribution is 2.51. The van der Waals surface area contributed by atoms with Crippen LogP contribution in [-0.2, 0) is 10.0 Å². The first-order valence-corrected chi connectivity index (χ1v) is 17.5. The van der Waals surface area contributed by atoms with Gasteiger partial charge in [0.1, 0.15) is 11.0 Å². The Bertz CT molecular complexity index is 1820. The fourth-order valence-electron chi connectivity index (χ4n) is 6.10. The summed E-state index contributed by atoms with van der Waals surface area (Å²) in [6.07, 6.45) is -1.03. The van der Waals surface area contributed by atoms with Gasteiger partial charge in [-0.05, 0) is 88.5 Å². The molecule has 266 valence electrons. The van der Waals surface area contributed by atoms with Crippen LogP contribution in [0.4, 0.5) is 23.8 Å². The zero-order chi connectivity index (χ0) is 35.7. The van der Waals surface area contributed by atoms with E-state index in [4.69, 9.17) is 16.3 Å². The van der Waals surface area contributed by atoms with Gasteiger partial charge in [0.25, 0.3) is 15.9 Å². The second-order valence-electron chi connectivity index (χ2n) is 13.0. The number of ether oxygens (including phenoxy) is 1. The molecule has 0 bridgehead atoms. The van der Waals surface area contributed by atoms with Crippen molar-refractivity contribution in [2.45, 2.75) is 69.6 Å². The number of likely N-dealkylation sites (tertiary alicyclic amines) is 1. The molecule has 13 nitrogen and oxygen atoms in total. The van der Waals surface area contributed by atoms with Crippen molar-refractivity contribution < 1.29 is 41.0 Å². The SMILES string of the molecule is Cc1ccc(S(=O)(=O)NC(=O)c2ccc(-n3ccc(OCCC4CC4C(F)(F)F)n3)nc2Cl)nc1NCCCC1CN(C(=O)O)C(C)(C)C1. The second kappa shape index (κ2) is 14.0. The van der Waals surface area contributed by atoms with Crippen LogP contribution in [0.5, 0.6) is 5.88 Å². The molecule has 1 aliphatic carbocycles. The molecular weight excluding hydrogens is 691 g/mol. The minimum Gasteiger partial charge on any atom is -0.477 e. The maximum absolute atomic E-state index is 13.1. The van der Waals surface area contributed by atoms with Gasteiger partial charge in [-0.25, -0.2) is 24.2 Å². The van der Waals surface area contributed by atoms with Crippen LogP contribution < -0.4 is 14.8 Å². The van der Waals surface area contributed by atoms with Gasteiger partial charge in [-0.3, -0.25) is 4.79 Å². The number of hydrogen-bond acceptors (Lipinski definition) is 9. The molecule has 49 heavy (non-hydrogen) atoms. The lowest BCUT2D eigenvalue weighted by Crippen LogP contribution is -2.41. The summed E-state index contributed by atoms with van der Waals surface area (Å²) in [6, 6.07) is 7.00. The Kier molecular flexibility index (Phi) is 10.3. The summed E-state index contributed by atoms with van der Waals surface area (Å²) in [5.41, 5.74) is 0.0475. The molecule has 1 saturated heterocycles. The van der Waals surface area contributed by atoms with Crippen LogP contribution in [0.25, 0.3) is 5.82 Å². The third-order valence-corrected chi connectivity index (χ3v) is 10.3. The van der Waals surface area contributed by atoms with E-state index in [0.29, 0.717) is 30.9 Å². The fourth-order valence-corrected chi connectivity index (χ4v) is 7.25. The molecule has 0 spiro atoms. The number of anilines is 1. The molecule has 2 aliphatic rings. The molecule has 18 heteroatoms. The maximum Gasteiger partial charge on any atom is 0.407 e. The molecule has 3 aromatic heterocycles. The smallest absolute Gasteiger partial charge is 0.407 e. The van der Waals surface area contributed by atoms with Gasteiger partial charge in [-0.15, -0.1) is 5.10 Å². The van der Waals surface area contributed by atoms with Crippen molar-refractivity contribution >= 4 is 39.4 Å². The van der Waals surface area contributed by atoms with Crippen molar-refractivity contribution in [3.05, 3.63) is 52.8 Å². The van der Waals surface area contributed by atoms with Crippen LogP contribution in [-0.4, -0.2) is 81.6 Å². The van der Waals surface area contributed by atoms with Crippen molar-refractivity contribution in [3.63, 3.8) is 0 Å². The van der Waals surface area contributed by atoms with E-state index in [1.54, 1.807) is 13.0 Å². The highest BCUT2D eigenvalue weighted by atomic mass is 35.5. The fraction of sp³-hybridized carbons (Fsp3) is 0.516. The molecule has 2 fully saturated rings. The number of carbonyl (C=O) groups excluding carboxylic acids is 1. The minimum absolute atomic E-state index is 0.0671. The predicted molar refractivity (Wildman–Crippen MR) is 172 cm³/mol. The second-order valence-corrected chi connectivity index (χ2v) is 15.0. The number of aromatic nitrogens is 4. The molecule has 1 saturated carbocycles. The molecule has 3 atom stereocenters. The number of amides is 2. The Balaban J connectivity index is 1.14. The van der Waals surface area contributed by atoms with Crippen LogP contribution in [0.15, 0.2) is 41.6 Å². The van der Waals surface area contributed by atoms with E-state index in [1.165, 1.54) is 40.0 Å². The molecule has 5 rings (SSSR count). The summed E-state index contributed by atoms with van der Waals surface area (Å²) in [6.45, 7) is 6.59. The number of halogens is 4. The van der Waals surface area contributed by atoms with Crippen LogP contribution in [0, 0.1) is 24.7 Å². The van der Waals surface area contributed by atoms with Crippen molar-refractivity contribution in [1.82, 2.24) is 29.4 Å². The highest BCUT2D eigenvalue weighted by Gasteiger charge is 2.55. The van der Waals surface area contributed by atoms with E-state index in [1.807, 2.05) is 18.6 Å². The van der Waals surface area contributed by atoms with E-state index in [2.05, 4.69) is 20.4 Å². The normalized spacial score (nSPS) is 20.2. The first-order valence-electron chi connectivity index (χ1n) is 15.7. The van der Waals surface area contributed by atoms with E-state index in [0.717, 1.165) is 12.8 Å². The average Bonchev–Trinajstić information content (AvgIpc) is 3.53. The van der Waals surface area contributed by atoms with E-state index in [-0.39, 0.29) is 52.8 Å². The van der Waals surface area contributed by atoms with E-state index >= 15 is 0 Å². The number of carbonyl (C=O) groups is 2. The molecule has 4 heterocycles. The van der Waals surface area contributed by atoms with Crippen LogP contribution in [0.3, 0.4) is 0 Å². The van der Waals surface area contributed by atoms with Gasteiger partial charge < -0.3 is 20.1 Å². The summed E-state index contributed by atoms with van der Waals surface area (Å²) in [7, 11) is -4.41. The van der Waals surface area contributed by atoms with Crippen molar-refractivity contribution in [2.75, 3.05) is 25.0 Å². The lowest BCUT2D eigenvalue weighted by molar-refractivity contribution is -0.151. The number of aryl methyl sites for hydroxylation is 1. The largest absolute Gasteiger partial charge is 0.477 e. The number of rotatable bonds is 13. The Morgan fingerprint density at radius 1 is 1.14 bits per heavy atom. The van der Waals surface area contributed by atoms with Crippen LogP contribution in [0.2, 0.25) is 5.15 Å². The molecule has 0 radical (unpaired) electrons. The van der Waals surface area contributed by atoms with E-state index in [9.17, 15) is 36.3 Å². The number of nitrogens with one attached hydrogen (secondary N) is 2. The molecule has 3 unspecified atom stereocenters. The van der Waals surface area contributed by atoms with Gasteiger partial charge in [-0.2, -0.15) is 21.6 Å². The lowest BCUT2D eigenvalue weighted by atomic mass is 9.93. The molecule has 1 aliphatic heterocycles. The standard InChI is InChI=1S/C31H37ClF3N7O6S/c1-18-6-9-25(38-27(18)36-12-4-5-19-16-30(2,3)41(17-19)29(44)45)49(46,47)40-28(43)21-7-8-23(37-26(21)32)42-13-10-24(39-42)48-14-11-20-15-22(20)31(33,34)35/h6-10,13,19-20,22H,4-5,11-12,14-17H2,1-3H3,(H,36,38)(H,40,43)(H,44,45). The van der Waals surface area contributed by atoms with Crippen LogP contribution >= 0.6 is 11.6 Å². The Labute approximate surface area is 286 Å². The topological polar surface area (TPSA) is 169 Å². The monoisotopic (exact) mass is 727 g/mol. The lowest BCUT2D eigenvalue weighted by Gasteiger charge is -2.28. The summed E-state index contributed by atoms with van der Waals surface area (Å²) in [5, 5.41) is 16.1. The molecule has 3 aromatic rings. The summed E-state index contributed by atoms with van der Waals surface area (Å²) in [4.78, 5) is 34.3. The molecule has 0 aromatic carbocycles. The number of hydrogen-bond donors (Lipinski definition) is 3. The Morgan fingerprint density at radius 2 is 1.90 bits per heavy atom. The molecule has 3 N–H and O–H groups in total. The van der Waals surface area contributed by atoms with Gasteiger partial charge in [-0.1, -0.05) is 17.7 Å². The predicted octanol–water partition coefficient (Wildman–Crippen LogP) is 5.68.